The Morgan fingerprint density at radius 1 is 1.09 bits per heavy atom. The molecule has 6 heteroatoms. The van der Waals surface area contributed by atoms with Crippen LogP contribution in [0.2, 0.25) is 0 Å². The van der Waals surface area contributed by atoms with Crippen molar-refractivity contribution in [1.82, 2.24) is 9.97 Å². The van der Waals surface area contributed by atoms with E-state index in [1.807, 2.05) is 42.5 Å². The minimum atomic E-state index is -0.188. The number of hydrogen-bond acceptors (Lipinski definition) is 3. The lowest BCUT2D eigenvalue weighted by molar-refractivity contribution is 0.102. The summed E-state index contributed by atoms with van der Waals surface area (Å²) in [5.74, 6) is 0.305. The minimum absolute atomic E-state index is 0.188. The average molecular weight is 480 g/mol. The van der Waals surface area contributed by atoms with E-state index >= 15 is 0 Å². The van der Waals surface area contributed by atoms with Gasteiger partial charge in [-0.05, 0) is 52.4 Å². The van der Waals surface area contributed by atoms with E-state index in [9.17, 15) is 4.79 Å². The fourth-order valence-electron chi connectivity index (χ4n) is 2.09. The number of carbonyl (C=O) groups is 1. The van der Waals surface area contributed by atoms with Crippen LogP contribution >= 0.6 is 38.5 Å². The Hall–Kier alpha value is -1.80. The van der Waals surface area contributed by atoms with Crippen LogP contribution in [0, 0.1) is 3.57 Å². The van der Waals surface area contributed by atoms with Gasteiger partial charge in [0.25, 0.3) is 5.91 Å². The molecule has 0 aliphatic rings. The number of halogens is 2. The molecule has 0 aliphatic heterocycles. The first kappa shape index (κ1) is 16.1. The Morgan fingerprint density at radius 2 is 1.83 bits per heavy atom. The standard InChI is InChI=1S/C17H11BrIN3O/c18-12-7-5-11(6-8-12)14-9-20-10-21-16(14)22-17(23)13-3-1-2-4-15(13)19/h1-10H,(H,20,21,22,23). The summed E-state index contributed by atoms with van der Waals surface area (Å²) in [7, 11) is 0. The summed E-state index contributed by atoms with van der Waals surface area (Å²) in [6.45, 7) is 0. The molecule has 0 unspecified atom stereocenters. The first-order valence-electron chi connectivity index (χ1n) is 6.77. The average Bonchev–Trinajstić information content (AvgIpc) is 2.56. The van der Waals surface area contributed by atoms with Gasteiger partial charge in [-0.2, -0.15) is 0 Å². The molecule has 0 radical (unpaired) electrons. The van der Waals surface area contributed by atoms with Crippen LogP contribution in [0.15, 0.2) is 65.5 Å². The summed E-state index contributed by atoms with van der Waals surface area (Å²) < 4.78 is 1.88. The lowest BCUT2D eigenvalue weighted by Gasteiger charge is -2.10. The normalized spacial score (nSPS) is 10.3. The Kier molecular flexibility index (Phi) is 5.02. The number of benzene rings is 2. The molecular formula is C17H11BrIN3O. The van der Waals surface area contributed by atoms with Crippen molar-refractivity contribution in [2.45, 2.75) is 0 Å². The number of amides is 1. The van der Waals surface area contributed by atoms with Crippen molar-refractivity contribution in [3.8, 4) is 11.1 Å². The van der Waals surface area contributed by atoms with E-state index in [4.69, 9.17) is 0 Å². The molecule has 0 atom stereocenters. The third-order valence-corrected chi connectivity index (χ3v) is 4.69. The van der Waals surface area contributed by atoms with Crippen molar-refractivity contribution < 1.29 is 4.79 Å². The lowest BCUT2D eigenvalue weighted by Crippen LogP contribution is -2.15. The summed E-state index contributed by atoms with van der Waals surface area (Å²) in [6, 6.07) is 15.2. The molecule has 1 N–H and O–H groups in total. The third-order valence-electron chi connectivity index (χ3n) is 3.22. The van der Waals surface area contributed by atoms with Crippen LogP contribution < -0.4 is 5.32 Å². The molecule has 3 rings (SSSR count). The van der Waals surface area contributed by atoms with E-state index in [1.165, 1.54) is 6.33 Å². The highest BCUT2D eigenvalue weighted by atomic mass is 127. The van der Waals surface area contributed by atoms with Gasteiger partial charge < -0.3 is 5.32 Å². The molecule has 0 spiro atoms. The maximum absolute atomic E-state index is 12.5. The fraction of sp³-hybridized carbons (Fsp3) is 0. The molecule has 23 heavy (non-hydrogen) atoms. The monoisotopic (exact) mass is 479 g/mol. The number of nitrogens with one attached hydrogen (secondary N) is 1. The van der Waals surface area contributed by atoms with Gasteiger partial charge in [0.2, 0.25) is 0 Å². The van der Waals surface area contributed by atoms with Crippen LogP contribution in [0.25, 0.3) is 11.1 Å². The van der Waals surface area contributed by atoms with E-state index in [-0.39, 0.29) is 5.91 Å². The van der Waals surface area contributed by atoms with E-state index in [2.05, 4.69) is 53.8 Å². The number of hydrogen-bond donors (Lipinski definition) is 1. The molecule has 4 nitrogen and oxygen atoms in total. The molecule has 1 amide bonds. The lowest BCUT2D eigenvalue weighted by atomic mass is 10.1. The van der Waals surface area contributed by atoms with E-state index in [0.717, 1.165) is 19.2 Å². The predicted octanol–water partition coefficient (Wildman–Crippen LogP) is 4.76. The van der Waals surface area contributed by atoms with E-state index < -0.39 is 0 Å². The maximum atomic E-state index is 12.5. The highest BCUT2D eigenvalue weighted by Crippen LogP contribution is 2.27. The van der Waals surface area contributed by atoms with Crippen molar-refractivity contribution in [1.29, 1.82) is 0 Å². The highest BCUT2D eigenvalue weighted by molar-refractivity contribution is 14.1. The Balaban J connectivity index is 1.94. The summed E-state index contributed by atoms with van der Waals surface area (Å²) in [5.41, 5.74) is 2.33. The number of carbonyl (C=O) groups excluding carboxylic acids is 1. The van der Waals surface area contributed by atoms with Crippen LogP contribution in [-0.2, 0) is 0 Å². The summed E-state index contributed by atoms with van der Waals surface area (Å²) in [6.07, 6.45) is 3.12. The molecular weight excluding hydrogens is 469 g/mol. The smallest absolute Gasteiger partial charge is 0.257 e. The van der Waals surface area contributed by atoms with Gasteiger partial charge in [0.05, 0.1) is 5.56 Å². The largest absolute Gasteiger partial charge is 0.306 e. The van der Waals surface area contributed by atoms with Crippen molar-refractivity contribution in [2.24, 2.45) is 0 Å². The van der Waals surface area contributed by atoms with Crippen molar-refractivity contribution in [2.75, 3.05) is 5.32 Å². The van der Waals surface area contributed by atoms with Gasteiger partial charge in [-0.1, -0.05) is 40.2 Å². The van der Waals surface area contributed by atoms with Gasteiger partial charge in [-0.25, -0.2) is 9.97 Å². The third kappa shape index (κ3) is 3.76. The van der Waals surface area contributed by atoms with Gasteiger partial charge >= 0.3 is 0 Å². The SMILES string of the molecule is O=C(Nc1ncncc1-c1ccc(Br)cc1)c1ccccc1I. The second kappa shape index (κ2) is 7.18. The number of aromatic nitrogens is 2. The van der Waals surface area contributed by atoms with Crippen molar-refractivity contribution in [3.63, 3.8) is 0 Å². The van der Waals surface area contributed by atoms with Crippen LogP contribution in [0.1, 0.15) is 10.4 Å². The first-order valence-corrected chi connectivity index (χ1v) is 8.64. The van der Waals surface area contributed by atoms with Crippen LogP contribution in [0.3, 0.4) is 0 Å². The van der Waals surface area contributed by atoms with E-state index in [1.54, 1.807) is 12.3 Å². The van der Waals surface area contributed by atoms with Crippen LogP contribution in [-0.4, -0.2) is 15.9 Å². The summed E-state index contributed by atoms with van der Waals surface area (Å²) in [5, 5.41) is 2.87. The molecule has 0 aliphatic carbocycles. The number of nitrogens with zero attached hydrogens (tertiary/aromatic N) is 2. The molecule has 1 aromatic heterocycles. The molecule has 0 bridgehead atoms. The Bertz CT molecular complexity index is 852. The second-order valence-electron chi connectivity index (χ2n) is 4.73. The molecule has 114 valence electrons. The molecule has 1 heterocycles. The number of rotatable bonds is 3. The molecule has 2 aromatic carbocycles. The van der Waals surface area contributed by atoms with Gasteiger partial charge in [0.15, 0.2) is 0 Å². The summed E-state index contributed by atoms with van der Waals surface area (Å²) in [4.78, 5) is 20.8. The van der Waals surface area contributed by atoms with Crippen LogP contribution in [0.4, 0.5) is 5.82 Å². The quantitative estimate of drug-likeness (QED) is 0.551. The van der Waals surface area contributed by atoms with Gasteiger partial charge in [0, 0.05) is 19.8 Å². The zero-order chi connectivity index (χ0) is 16.2. The molecule has 0 saturated carbocycles. The van der Waals surface area contributed by atoms with Gasteiger partial charge in [-0.3, -0.25) is 4.79 Å². The van der Waals surface area contributed by atoms with E-state index in [0.29, 0.717) is 11.4 Å². The Morgan fingerprint density at radius 3 is 2.57 bits per heavy atom. The number of anilines is 1. The first-order chi connectivity index (χ1) is 11.1. The van der Waals surface area contributed by atoms with Crippen molar-refractivity contribution >= 4 is 50.2 Å². The van der Waals surface area contributed by atoms with Gasteiger partial charge in [0.1, 0.15) is 12.1 Å². The maximum Gasteiger partial charge on any atom is 0.257 e. The van der Waals surface area contributed by atoms with Crippen LogP contribution in [0.5, 0.6) is 0 Å². The highest BCUT2D eigenvalue weighted by Gasteiger charge is 2.13. The molecule has 3 aromatic rings. The van der Waals surface area contributed by atoms with Crippen molar-refractivity contribution in [3.05, 3.63) is 74.7 Å². The minimum Gasteiger partial charge on any atom is -0.306 e. The van der Waals surface area contributed by atoms with Gasteiger partial charge in [-0.15, -0.1) is 0 Å². The fourth-order valence-corrected chi connectivity index (χ4v) is 2.99. The summed E-state index contributed by atoms with van der Waals surface area (Å²) >= 11 is 5.56. The topological polar surface area (TPSA) is 54.9 Å². The predicted molar refractivity (Wildman–Crippen MR) is 102 cm³/mol. The zero-order valence-corrected chi connectivity index (χ0v) is 15.6. The second-order valence-corrected chi connectivity index (χ2v) is 6.80. The molecule has 0 fully saturated rings. The zero-order valence-electron chi connectivity index (χ0n) is 11.8. The Labute approximate surface area is 155 Å². The molecule has 0 saturated heterocycles.